The highest BCUT2D eigenvalue weighted by atomic mass is 35.5. The van der Waals surface area contributed by atoms with Crippen molar-refractivity contribution in [3.63, 3.8) is 0 Å². The van der Waals surface area contributed by atoms with E-state index in [0.717, 1.165) is 19.4 Å². The average Bonchev–Trinajstić information content (AvgIpc) is 2.90. The Labute approximate surface area is 119 Å². The number of rotatable bonds is 3. The van der Waals surface area contributed by atoms with Gasteiger partial charge in [0, 0.05) is 18.7 Å². The summed E-state index contributed by atoms with van der Waals surface area (Å²) in [6, 6.07) is 3.40. The number of benzene rings is 1. The quantitative estimate of drug-likeness (QED) is 0.860. The van der Waals surface area contributed by atoms with Crippen LogP contribution in [0.2, 0.25) is 5.02 Å². The first-order valence-corrected chi connectivity index (χ1v) is 8.03. The maximum atomic E-state index is 12.4. The van der Waals surface area contributed by atoms with Crippen molar-refractivity contribution in [2.75, 3.05) is 25.6 Å². The highest BCUT2D eigenvalue weighted by molar-refractivity contribution is 7.85. The lowest BCUT2D eigenvalue weighted by atomic mass is 10.3. The lowest BCUT2D eigenvalue weighted by molar-refractivity contribution is 0.128. The van der Waals surface area contributed by atoms with E-state index in [9.17, 15) is 4.21 Å². The second-order valence-electron chi connectivity index (χ2n) is 4.57. The molecule has 0 N–H and O–H groups in total. The van der Waals surface area contributed by atoms with E-state index >= 15 is 0 Å². The molecule has 0 aromatic heterocycles. The third-order valence-corrected chi connectivity index (χ3v) is 5.13. The summed E-state index contributed by atoms with van der Waals surface area (Å²) in [5.74, 6) is 1.72. The highest BCUT2D eigenvalue weighted by Crippen LogP contribution is 2.37. The van der Waals surface area contributed by atoms with Gasteiger partial charge in [-0.2, -0.15) is 0 Å². The Morgan fingerprint density at radius 2 is 1.95 bits per heavy atom. The Kier molecular flexibility index (Phi) is 3.96. The van der Waals surface area contributed by atoms with E-state index in [0.29, 0.717) is 40.4 Å². The molecular formula is C13H15ClO4S. The van der Waals surface area contributed by atoms with Crippen molar-refractivity contribution in [2.24, 2.45) is 0 Å². The van der Waals surface area contributed by atoms with E-state index in [1.165, 1.54) is 0 Å². The molecule has 4 nitrogen and oxygen atoms in total. The molecule has 19 heavy (non-hydrogen) atoms. The second-order valence-corrected chi connectivity index (χ2v) is 6.44. The molecule has 0 unspecified atom stereocenters. The minimum atomic E-state index is -1.18. The van der Waals surface area contributed by atoms with Gasteiger partial charge < -0.3 is 14.2 Å². The van der Waals surface area contributed by atoms with E-state index in [1.807, 2.05) is 0 Å². The summed E-state index contributed by atoms with van der Waals surface area (Å²) in [5, 5.41) is 0.459. The first-order valence-electron chi connectivity index (χ1n) is 6.33. The standard InChI is InChI=1S/C13H15ClO4S/c14-10-6-11-12(18-5-4-17-11)7-13(10)19(15)8-9-2-1-3-16-9/h6-7,9H,1-5,8H2/t9-,19+/m0/s1. The summed E-state index contributed by atoms with van der Waals surface area (Å²) >= 11 is 6.17. The first-order chi connectivity index (χ1) is 9.24. The Balaban J connectivity index is 1.81. The molecule has 0 aliphatic carbocycles. The Bertz CT molecular complexity index is 500. The van der Waals surface area contributed by atoms with Crippen LogP contribution in [0.25, 0.3) is 0 Å². The monoisotopic (exact) mass is 302 g/mol. The summed E-state index contributed by atoms with van der Waals surface area (Å²) < 4.78 is 28.8. The van der Waals surface area contributed by atoms with Gasteiger partial charge in [-0.15, -0.1) is 0 Å². The largest absolute Gasteiger partial charge is 0.486 e. The number of fused-ring (bicyclic) bond motifs is 1. The van der Waals surface area contributed by atoms with Crippen molar-refractivity contribution in [1.29, 1.82) is 0 Å². The smallest absolute Gasteiger partial charge is 0.162 e. The van der Waals surface area contributed by atoms with Crippen LogP contribution >= 0.6 is 11.6 Å². The molecule has 0 amide bonds. The van der Waals surface area contributed by atoms with Crippen LogP contribution in [0, 0.1) is 0 Å². The van der Waals surface area contributed by atoms with Gasteiger partial charge in [-0.1, -0.05) is 11.6 Å². The molecule has 2 atom stereocenters. The minimum absolute atomic E-state index is 0.0742. The summed E-state index contributed by atoms with van der Waals surface area (Å²) in [7, 11) is -1.18. The van der Waals surface area contributed by atoms with Crippen LogP contribution in [0.15, 0.2) is 17.0 Å². The molecule has 104 valence electrons. The Hall–Kier alpha value is -0.780. The van der Waals surface area contributed by atoms with Crippen molar-refractivity contribution >= 4 is 22.4 Å². The predicted molar refractivity (Wildman–Crippen MR) is 72.7 cm³/mol. The van der Waals surface area contributed by atoms with Gasteiger partial charge in [-0.25, -0.2) is 0 Å². The van der Waals surface area contributed by atoms with Gasteiger partial charge in [0.05, 0.1) is 32.6 Å². The van der Waals surface area contributed by atoms with Crippen molar-refractivity contribution in [2.45, 2.75) is 23.8 Å². The summed E-state index contributed by atoms with van der Waals surface area (Å²) in [5.41, 5.74) is 0. The topological polar surface area (TPSA) is 44.8 Å². The number of ether oxygens (including phenoxy) is 3. The predicted octanol–water partition coefficient (Wildman–Crippen LogP) is 2.40. The minimum Gasteiger partial charge on any atom is -0.486 e. The molecule has 2 heterocycles. The molecule has 0 radical (unpaired) electrons. The molecule has 1 saturated heterocycles. The molecule has 6 heteroatoms. The SMILES string of the molecule is O=[S@](C[C@@H]1CCCO1)c1cc2c(cc1Cl)OCCO2. The van der Waals surface area contributed by atoms with E-state index in [1.54, 1.807) is 12.1 Å². The van der Waals surface area contributed by atoms with Crippen molar-refractivity contribution < 1.29 is 18.4 Å². The van der Waals surface area contributed by atoms with Gasteiger partial charge in [-0.05, 0) is 12.8 Å². The lowest BCUT2D eigenvalue weighted by Gasteiger charge is -2.20. The van der Waals surface area contributed by atoms with Gasteiger partial charge in [0.1, 0.15) is 13.2 Å². The van der Waals surface area contributed by atoms with E-state index in [4.69, 9.17) is 25.8 Å². The normalized spacial score (nSPS) is 23.3. The summed E-state index contributed by atoms with van der Waals surface area (Å²) in [6.45, 7) is 1.78. The van der Waals surface area contributed by atoms with E-state index in [-0.39, 0.29) is 6.10 Å². The van der Waals surface area contributed by atoms with Gasteiger partial charge in [0.2, 0.25) is 0 Å². The molecule has 3 rings (SSSR count). The fraction of sp³-hybridized carbons (Fsp3) is 0.538. The van der Waals surface area contributed by atoms with Gasteiger partial charge in [-0.3, -0.25) is 4.21 Å². The van der Waals surface area contributed by atoms with Gasteiger partial charge in [0.25, 0.3) is 0 Å². The van der Waals surface area contributed by atoms with Crippen LogP contribution in [-0.2, 0) is 15.5 Å². The van der Waals surface area contributed by atoms with Gasteiger partial charge >= 0.3 is 0 Å². The third kappa shape index (κ3) is 2.88. The zero-order valence-electron chi connectivity index (χ0n) is 10.4. The van der Waals surface area contributed by atoms with Crippen molar-refractivity contribution in [3.05, 3.63) is 17.2 Å². The van der Waals surface area contributed by atoms with E-state index in [2.05, 4.69) is 0 Å². The molecule has 2 aliphatic heterocycles. The summed E-state index contributed by atoms with van der Waals surface area (Å²) in [6.07, 6.45) is 2.08. The molecular weight excluding hydrogens is 288 g/mol. The third-order valence-electron chi connectivity index (χ3n) is 3.20. The van der Waals surface area contributed by atoms with Crippen molar-refractivity contribution in [3.8, 4) is 11.5 Å². The Morgan fingerprint density at radius 1 is 1.21 bits per heavy atom. The van der Waals surface area contributed by atoms with Crippen molar-refractivity contribution in [1.82, 2.24) is 0 Å². The molecule has 1 aromatic rings. The van der Waals surface area contributed by atoms with Crippen LogP contribution in [-0.4, -0.2) is 35.9 Å². The highest BCUT2D eigenvalue weighted by Gasteiger charge is 2.23. The molecule has 1 fully saturated rings. The second kappa shape index (κ2) is 5.69. The van der Waals surface area contributed by atoms with Crippen LogP contribution in [0.3, 0.4) is 0 Å². The first kappa shape index (κ1) is 13.2. The van der Waals surface area contributed by atoms with Crippen LogP contribution < -0.4 is 9.47 Å². The van der Waals surface area contributed by atoms with Crippen LogP contribution in [0.5, 0.6) is 11.5 Å². The number of halogens is 1. The molecule has 0 saturated carbocycles. The lowest BCUT2D eigenvalue weighted by Crippen LogP contribution is -2.18. The maximum absolute atomic E-state index is 12.4. The number of hydrogen-bond donors (Lipinski definition) is 0. The molecule has 0 bridgehead atoms. The maximum Gasteiger partial charge on any atom is 0.162 e. The fourth-order valence-corrected chi connectivity index (χ4v) is 3.96. The van der Waals surface area contributed by atoms with Crippen LogP contribution in [0.1, 0.15) is 12.8 Å². The number of hydrogen-bond acceptors (Lipinski definition) is 4. The fourth-order valence-electron chi connectivity index (χ4n) is 2.25. The molecule has 1 aromatic carbocycles. The Morgan fingerprint density at radius 3 is 2.63 bits per heavy atom. The summed E-state index contributed by atoms with van der Waals surface area (Å²) in [4.78, 5) is 0.599. The molecule has 0 spiro atoms. The van der Waals surface area contributed by atoms with Crippen LogP contribution in [0.4, 0.5) is 0 Å². The average molecular weight is 303 g/mol. The molecule has 2 aliphatic rings. The zero-order chi connectivity index (χ0) is 13.2. The van der Waals surface area contributed by atoms with Gasteiger partial charge in [0.15, 0.2) is 11.5 Å². The zero-order valence-corrected chi connectivity index (χ0v) is 12.0. The van der Waals surface area contributed by atoms with E-state index < -0.39 is 10.8 Å².